The van der Waals surface area contributed by atoms with Gasteiger partial charge >= 0.3 is 0 Å². The number of carbonyl (C=O) groups is 1. The Kier molecular flexibility index (Phi) is 4.67. The average molecular weight is 299 g/mol. The zero-order valence-electron chi connectivity index (χ0n) is 14.2. The smallest absolute Gasteiger partial charge is 0.146 e. The van der Waals surface area contributed by atoms with E-state index in [0.717, 1.165) is 25.4 Å². The molecule has 1 aliphatic heterocycles. The first-order valence-electron chi connectivity index (χ1n) is 8.89. The van der Waals surface area contributed by atoms with Gasteiger partial charge in [0.1, 0.15) is 5.78 Å². The molecule has 1 saturated heterocycles. The third-order valence-corrected chi connectivity index (χ3v) is 5.43. The van der Waals surface area contributed by atoms with Crippen LogP contribution in [0.2, 0.25) is 0 Å². The predicted molar refractivity (Wildman–Crippen MR) is 91.3 cm³/mol. The molecule has 0 radical (unpaired) electrons. The van der Waals surface area contributed by atoms with E-state index in [0.29, 0.717) is 17.6 Å². The Balaban J connectivity index is 1.68. The molecule has 22 heavy (non-hydrogen) atoms. The van der Waals surface area contributed by atoms with Crippen molar-refractivity contribution in [1.82, 2.24) is 4.90 Å². The second-order valence-electron chi connectivity index (χ2n) is 7.61. The SMILES string of the molecule is CC(=O)[C@@H](CC1CC1)N1CC[C@@H](c2cccc(C(C)C)c2)C1. The number of hydrogen-bond donors (Lipinski definition) is 0. The Labute approximate surface area is 134 Å². The molecule has 0 spiro atoms. The molecule has 3 rings (SSSR count). The minimum atomic E-state index is 0.172. The molecular weight excluding hydrogens is 270 g/mol. The highest BCUT2D eigenvalue weighted by molar-refractivity contribution is 5.81. The van der Waals surface area contributed by atoms with Gasteiger partial charge in [0.25, 0.3) is 0 Å². The predicted octanol–water partition coefficient (Wildman–Crippen LogP) is 4.36. The van der Waals surface area contributed by atoms with Crippen LogP contribution in [0.3, 0.4) is 0 Å². The monoisotopic (exact) mass is 299 g/mol. The number of ketones is 1. The van der Waals surface area contributed by atoms with Crippen molar-refractivity contribution >= 4 is 5.78 Å². The van der Waals surface area contributed by atoms with Gasteiger partial charge in [0.15, 0.2) is 0 Å². The summed E-state index contributed by atoms with van der Waals surface area (Å²) in [6, 6.07) is 9.24. The zero-order chi connectivity index (χ0) is 15.7. The Hall–Kier alpha value is -1.15. The lowest BCUT2D eigenvalue weighted by Crippen LogP contribution is -2.38. The summed E-state index contributed by atoms with van der Waals surface area (Å²) < 4.78 is 0. The molecule has 2 aliphatic rings. The van der Waals surface area contributed by atoms with Gasteiger partial charge in [-0.25, -0.2) is 0 Å². The van der Waals surface area contributed by atoms with E-state index in [1.807, 2.05) is 0 Å². The van der Waals surface area contributed by atoms with Crippen LogP contribution in [-0.4, -0.2) is 29.8 Å². The minimum absolute atomic E-state index is 0.172. The standard InChI is InChI=1S/C20H29NO/c1-14(2)17-5-4-6-18(12-17)19-9-10-21(13-19)20(15(3)22)11-16-7-8-16/h4-6,12,14,16,19-20H,7-11,13H2,1-3H3/t19-,20-/m1/s1. The first-order valence-corrected chi connectivity index (χ1v) is 8.89. The molecule has 2 heteroatoms. The van der Waals surface area contributed by atoms with E-state index in [1.165, 1.54) is 30.4 Å². The number of hydrogen-bond acceptors (Lipinski definition) is 2. The lowest BCUT2D eigenvalue weighted by molar-refractivity contribution is -0.122. The van der Waals surface area contributed by atoms with Gasteiger partial charge in [-0.15, -0.1) is 0 Å². The maximum atomic E-state index is 12.0. The molecule has 2 fully saturated rings. The normalized spacial score (nSPS) is 23.9. The van der Waals surface area contributed by atoms with Crippen LogP contribution in [0.4, 0.5) is 0 Å². The number of rotatable bonds is 6. The van der Waals surface area contributed by atoms with Crippen LogP contribution in [-0.2, 0) is 4.79 Å². The van der Waals surface area contributed by atoms with Crippen LogP contribution in [0, 0.1) is 5.92 Å². The van der Waals surface area contributed by atoms with Gasteiger partial charge in [0.05, 0.1) is 6.04 Å². The van der Waals surface area contributed by atoms with E-state index in [9.17, 15) is 4.79 Å². The lowest BCUT2D eigenvalue weighted by Gasteiger charge is -2.26. The van der Waals surface area contributed by atoms with Crippen molar-refractivity contribution in [3.05, 3.63) is 35.4 Å². The summed E-state index contributed by atoms with van der Waals surface area (Å²) in [4.78, 5) is 14.5. The first-order chi connectivity index (χ1) is 10.5. The van der Waals surface area contributed by atoms with Crippen molar-refractivity contribution in [2.24, 2.45) is 5.92 Å². The fraction of sp³-hybridized carbons (Fsp3) is 0.650. The molecule has 2 nitrogen and oxygen atoms in total. The van der Waals surface area contributed by atoms with Crippen LogP contribution >= 0.6 is 0 Å². The number of nitrogens with zero attached hydrogens (tertiary/aromatic N) is 1. The highest BCUT2D eigenvalue weighted by Crippen LogP contribution is 2.37. The third-order valence-electron chi connectivity index (χ3n) is 5.43. The molecule has 1 aromatic carbocycles. The molecule has 1 aromatic rings. The van der Waals surface area contributed by atoms with Gasteiger partial charge in [0, 0.05) is 6.54 Å². The van der Waals surface area contributed by atoms with Crippen molar-refractivity contribution in [2.45, 2.75) is 64.3 Å². The maximum Gasteiger partial charge on any atom is 0.146 e. The Bertz CT molecular complexity index is 532. The number of carbonyl (C=O) groups excluding carboxylic acids is 1. The minimum Gasteiger partial charge on any atom is -0.298 e. The second kappa shape index (κ2) is 6.54. The first kappa shape index (κ1) is 15.7. The van der Waals surface area contributed by atoms with Crippen LogP contribution in [0.1, 0.15) is 69.4 Å². The maximum absolute atomic E-state index is 12.0. The topological polar surface area (TPSA) is 20.3 Å². The van der Waals surface area contributed by atoms with E-state index in [4.69, 9.17) is 0 Å². The Morgan fingerprint density at radius 1 is 1.27 bits per heavy atom. The van der Waals surface area contributed by atoms with E-state index < -0.39 is 0 Å². The second-order valence-corrected chi connectivity index (χ2v) is 7.61. The van der Waals surface area contributed by atoms with E-state index in [1.54, 1.807) is 6.92 Å². The van der Waals surface area contributed by atoms with Crippen LogP contribution < -0.4 is 0 Å². The quantitative estimate of drug-likeness (QED) is 0.778. The van der Waals surface area contributed by atoms with Crippen molar-refractivity contribution < 1.29 is 4.79 Å². The fourth-order valence-corrected chi connectivity index (χ4v) is 3.76. The largest absolute Gasteiger partial charge is 0.298 e. The summed E-state index contributed by atoms with van der Waals surface area (Å²) in [5, 5.41) is 0. The van der Waals surface area contributed by atoms with Gasteiger partial charge in [-0.05, 0) is 55.2 Å². The lowest BCUT2D eigenvalue weighted by atomic mass is 9.93. The van der Waals surface area contributed by atoms with Crippen molar-refractivity contribution in [1.29, 1.82) is 0 Å². The van der Waals surface area contributed by atoms with Gasteiger partial charge < -0.3 is 0 Å². The van der Waals surface area contributed by atoms with Crippen LogP contribution in [0.5, 0.6) is 0 Å². The highest BCUT2D eigenvalue weighted by Gasteiger charge is 2.35. The molecular formula is C20H29NO. The molecule has 0 N–H and O–H groups in total. The molecule has 1 saturated carbocycles. The van der Waals surface area contributed by atoms with E-state index in [-0.39, 0.29) is 6.04 Å². The fourth-order valence-electron chi connectivity index (χ4n) is 3.76. The molecule has 0 aromatic heterocycles. The molecule has 1 heterocycles. The molecule has 0 amide bonds. The summed E-state index contributed by atoms with van der Waals surface area (Å²) in [5.74, 6) is 2.36. The number of likely N-dealkylation sites (tertiary alicyclic amines) is 1. The summed E-state index contributed by atoms with van der Waals surface area (Å²) in [7, 11) is 0. The molecule has 0 unspecified atom stereocenters. The molecule has 0 bridgehead atoms. The summed E-state index contributed by atoms with van der Waals surface area (Å²) in [6.07, 6.45) is 4.94. The summed E-state index contributed by atoms with van der Waals surface area (Å²) in [5.41, 5.74) is 2.89. The highest BCUT2D eigenvalue weighted by atomic mass is 16.1. The Morgan fingerprint density at radius 2 is 2.05 bits per heavy atom. The molecule has 1 aliphatic carbocycles. The van der Waals surface area contributed by atoms with Gasteiger partial charge in [-0.1, -0.05) is 51.0 Å². The summed E-state index contributed by atoms with van der Waals surface area (Å²) in [6.45, 7) is 8.41. The van der Waals surface area contributed by atoms with Crippen molar-refractivity contribution in [2.75, 3.05) is 13.1 Å². The Morgan fingerprint density at radius 3 is 2.68 bits per heavy atom. The number of Topliss-reactive ketones (excluding diaryl/α,β-unsaturated/α-hetero) is 1. The molecule has 120 valence electrons. The zero-order valence-corrected chi connectivity index (χ0v) is 14.2. The van der Waals surface area contributed by atoms with Crippen molar-refractivity contribution in [3.63, 3.8) is 0 Å². The third kappa shape index (κ3) is 3.60. The van der Waals surface area contributed by atoms with Gasteiger partial charge in [-0.3, -0.25) is 9.69 Å². The average Bonchev–Trinajstić information content (AvgIpc) is 3.19. The van der Waals surface area contributed by atoms with Gasteiger partial charge in [0.2, 0.25) is 0 Å². The van der Waals surface area contributed by atoms with E-state index >= 15 is 0 Å². The summed E-state index contributed by atoms with van der Waals surface area (Å²) >= 11 is 0. The number of benzene rings is 1. The van der Waals surface area contributed by atoms with Crippen LogP contribution in [0.15, 0.2) is 24.3 Å². The van der Waals surface area contributed by atoms with E-state index in [2.05, 4.69) is 43.0 Å². The van der Waals surface area contributed by atoms with Crippen LogP contribution in [0.25, 0.3) is 0 Å². The van der Waals surface area contributed by atoms with Crippen molar-refractivity contribution in [3.8, 4) is 0 Å². The molecule has 2 atom stereocenters. The van der Waals surface area contributed by atoms with Gasteiger partial charge in [-0.2, -0.15) is 0 Å².